The molecule has 1 aliphatic heterocycles. The van der Waals surface area contributed by atoms with E-state index in [4.69, 9.17) is 9.47 Å². The van der Waals surface area contributed by atoms with E-state index in [-0.39, 0.29) is 23.1 Å². The molecule has 9 heteroatoms. The Morgan fingerprint density at radius 1 is 1.00 bits per heavy atom. The predicted octanol–water partition coefficient (Wildman–Crippen LogP) is 3.11. The van der Waals surface area contributed by atoms with E-state index in [0.717, 1.165) is 6.42 Å². The maximum Gasteiger partial charge on any atom is 0.245 e. The first kappa shape index (κ1) is 23.7. The Labute approximate surface area is 188 Å². The van der Waals surface area contributed by atoms with Crippen LogP contribution in [0.3, 0.4) is 0 Å². The fourth-order valence-corrected chi connectivity index (χ4v) is 5.47. The molecule has 1 fully saturated rings. The van der Waals surface area contributed by atoms with Crippen LogP contribution in [-0.2, 0) is 14.8 Å². The second-order valence-corrected chi connectivity index (χ2v) is 9.53. The van der Waals surface area contributed by atoms with Crippen molar-refractivity contribution in [2.75, 3.05) is 32.7 Å². The number of likely N-dealkylation sites (N-methyl/N-ethyl adjacent to an activating group) is 1. The van der Waals surface area contributed by atoms with Crippen LogP contribution >= 0.6 is 0 Å². The molecule has 0 radical (unpaired) electrons. The highest BCUT2D eigenvalue weighted by Crippen LogP contribution is 2.33. The van der Waals surface area contributed by atoms with Crippen molar-refractivity contribution in [3.63, 3.8) is 0 Å². The SMILES string of the molecule is COc1ccc(N(C)C(=O)C2CCCCN2S(=O)(=O)c2ccc(C(C)=O)cc2)cc1OC. The van der Waals surface area contributed by atoms with Crippen molar-refractivity contribution in [3.8, 4) is 11.5 Å². The molecular weight excluding hydrogens is 432 g/mol. The Morgan fingerprint density at radius 2 is 1.66 bits per heavy atom. The number of hydrogen-bond donors (Lipinski definition) is 0. The lowest BCUT2D eigenvalue weighted by molar-refractivity contribution is -0.122. The molecule has 32 heavy (non-hydrogen) atoms. The average Bonchev–Trinajstić information content (AvgIpc) is 2.82. The van der Waals surface area contributed by atoms with Crippen molar-refractivity contribution in [1.29, 1.82) is 0 Å². The highest BCUT2D eigenvalue weighted by molar-refractivity contribution is 7.89. The largest absolute Gasteiger partial charge is 0.493 e. The third-order valence-electron chi connectivity index (χ3n) is 5.69. The molecule has 1 heterocycles. The number of amides is 1. The topological polar surface area (TPSA) is 93.2 Å². The van der Waals surface area contributed by atoms with Crippen LogP contribution in [0.2, 0.25) is 0 Å². The van der Waals surface area contributed by atoms with Crippen LogP contribution < -0.4 is 14.4 Å². The van der Waals surface area contributed by atoms with E-state index in [9.17, 15) is 18.0 Å². The number of piperidine rings is 1. The first-order valence-electron chi connectivity index (χ1n) is 10.3. The molecule has 0 N–H and O–H groups in total. The van der Waals surface area contributed by atoms with Crippen molar-refractivity contribution in [2.24, 2.45) is 0 Å². The van der Waals surface area contributed by atoms with E-state index < -0.39 is 16.1 Å². The van der Waals surface area contributed by atoms with Crippen LogP contribution in [0.1, 0.15) is 36.5 Å². The van der Waals surface area contributed by atoms with Gasteiger partial charge in [-0.15, -0.1) is 0 Å². The minimum absolute atomic E-state index is 0.0657. The Bertz CT molecular complexity index is 1100. The number of methoxy groups -OCH3 is 2. The van der Waals surface area contributed by atoms with Gasteiger partial charge in [0.2, 0.25) is 15.9 Å². The number of rotatable bonds is 7. The van der Waals surface area contributed by atoms with Crippen LogP contribution in [0.4, 0.5) is 5.69 Å². The fourth-order valence-electron chi connectivity index (χ4n) is 3.82. The minimum Gasteiger partial charge on any atom is -0.493 e. The van der Waals surface area contributed by atoms with Gasteiger partial charge >= 0.3 is 0 Å². The number of ketones is 1. The number of carbonyl (C=O) groups excluding carboxylic acids is 2. The predicted molar refractivity (Wildman–Crippen MR) is 121 cm³/mol. The van der Waals surface area contributed by atoms with Gasteiger partial charge in [-0.2, -0.15) is 4.31 Å². The lowest BCUT2D eigenvalue weighted by Gasteiger charge is -2.36. The standard InChI is InChI=1S/C23H28N2O6S/c1-16(26)17-8-11-19(12-9-17)32(28,29)25-14-6-5-7-20(25)23(27)24(2)18-10-13-21(30-3)22(15-18)31-4/h8-13,15,20H,5-7,14H2,1-4H3. The Hall–Kier alpha value is -2.91. The highest BCUT2D eigenvalue weighted by Gasteiger charge is 2.39. The molecule has 1 aliphatic rings. The van der Waals surface area contributed by atoms with E-state index in [1.165, 1.54) is 54.6 Å². The van der Waals surface area contributed by atoms with Crippen LogP contribution in [0.5, 0.6) is 11.5 Å². The first-order chi connectivity index (χ1) is 15.2. The Balaban J connectivity index is 1.90. The molecule has 0 aromatic heterocycles. The molecule has 0 bridgehead atoms. The van der Waals surface area contributed by atoms with Crippen molar-refractivity contribution >= 4 is 27.4 Å². The summed E-state index contributed by atoms with van der Waals surface area (Å²) < 4.78 is 38.6. The molecule has 8 nitrogen and oxygen atoms in total. The van der Waals surface area contributed by atoms with E-state index >= 15 is 0 Å². The van der Waals surface area contributed by atoms with E-state index in [1.807, 2.05) is 0 Å². The number of carbonyl (C=O) groups is 2. The van der Waals surface area contributed by atoms with Gasteiger partial charge in [0.15, 0.2) is 17.3 Å². The molecule has 1 atom stereocenters. The van der Waals surface area contributed by atoms with E-state index in [2.05, 4.69) is 0 Å². The van der Waals surface area contributed by atoms with Crippen LogP contribution in [0.15, 0.2) is 47.4 Å². The molecule has 0 spiro atoms. The molecule has 2 aromatic rings. The molecule has 2 aromatic carbocycles. The minimum atomic E-state index is -3.91. The van der Waals surface area contributed by atoms with Gasteiger partial charge in [0.1, 0.15) is 6.04 Å². The van der Waals surface area contributed by atoms with Crippen LogP contribution in [0, 0.1) is 0 Å². The first-order valence-corrected chi connectivity index (χ1v) is 11.8. The summed E-state index contributed by atoms with van der Waals surface area (Å²) in [6.07, 6.45) is 1.86. The van der Waals surface area contributed by atoms with Gasteiger partial charge in [0.25, 0.3) is 0 Å². The molecule has 1 amide bonds. The van der Waals surface area contributed by atoms with Gasteiger partial charge in [-0.3, -0.25) is 9.59 Å². The molecule has 1 saturated heterocycles. The monoisotopic (exact) mass is 460 g/mol. The fraction of sp³-hybridized carbons (Fsp3) is 0.391. The normalized spacial score (nSPS) is 16.9. The van der Waals surface area contributed by atoms with Gasteiger partial charge < -0.3 is 14.4 Å². The summed E-state index contributed by atoms with van der Waals surface area (Å²) in [6.45, 7) is 1.68. The van der Waals surface area contributed by atoms with Crippen molar-refractivity contribution in [1.82, 2.24) is 4.31 Å². The van der Waals surface area contributed by atoms with Gasteiger partial charge in [-0.05, 0) is 44.0 Å². The van der Waals surface area contributed by atoms with Crippen molar-refractivity contribution in [3.05, 3.63) is 48.0 Å². The Morgan fingerprint density at radius 3 is 2.25 bits per heavy atom. The third kappa shape index (κ3) is 4.63. The van der Waals surface area contributed by atoms with E-state index in [1.54, 1.807) is 25.2 Å². The molecule has 0 aliphatic carbocycles. The van der Waals surface area contributed by atoms with Gasteiger partial charge in [0.05, 0.1) is 19.1 Å². The molecule has 172 valence electrons. The smallest absolute Gasteiger partial charge is 0.245 e. The Kier molecular flexibility index (Phi) is 7.20. The zero-order chi connectivity index (χ0) is 23.5. The molecule has 1 unspecified atom stereocenters. The number of hydrogen-bond acceptors (Lipinski definition) is 6. The number of Topliss-reactive ketones (excluding diaryl/α,β-unsaturated/α-hetero) is 1. The highest BCUT2D eigenvalue weighted by atomic mass is 32.2. The summed E-state index contributed by atoms with van der Waals surface area (Å²) in [5.41, 5.74) is 1.00. The van der Waals surface area contributed by atoms with Crippen molar-refractivity contribution in [2.45, 2.75) is 37.1 Å². The zero-order valence-electron chi connectivity index (χ0n) is 18.7. The maximum atomic E-state index is 13.4. The van der Waals surface area contributed by atoms with Gasteiger partial charge in [0, 0.05) is 30.9 Å². The zero-order valence-corrected chi connectivity index (χ0v) is 19.5. The van der Waals surface area contributed by atoms with Crippen LogP contribution in [0.25, 0.3) is 0 Å². The van der Waals surface area contributed by atoms with E-state index in [0.29, 0.717) is 35.6 Å². The summed E-state index contributed by atoms with van der Waals surface area (Å²) in [5.74, 6) is 0.550. The number of anilines is 1. The maximum absolute atomic E-state index is 13.4. The second kappa shape index (κ2) is 9.70. The summed E-state index contributed by atoms with van der Waals surface area (Å²) in [4.78, 5) is 26.4. The summed E-state index contributed by atoms with van der Waals surface area (Å²) in [6, 6.07) is 10.1. The molecular formula is C23H28N2O6S. The number of sulfonamides is 1. The number of benzene rings is 2. The van der Waals surface area contributed by atoms with Gasteiger partial charge in [-0.1, -0.05) is 18.6 Å². The molecule has 0 saturated carbocycles. The lowest BCUT2D eigenvalue weighted by atomic mass is 10.0. The second-order valence-electron chi connectivity index (χ2n) is 7.64. The quantitative estimate of drug-likeness (QED) is 0.590. The average molecular weight is 461 g/mol. The summed E-state index contributed by atoms with van der Waals surface area (Å²) >= 11 is 0. The van der Waals surface area contributed by atoms with Crippen LogP contribution in [-0.4, -0.2) is 58.3 Å². The van der Waals surface area contributed by atoms with Gasteiger partial charge in [-0.25, -0.2) is 8.42 Å². The lowest BCUT2D eigenvalue weighted by Crippen LogP contribution is -2.52. The van der Waals surface area contributed by atoms with Crippen molar-refractivity contribution < 1.29 is 27.5 Å². The number of nitrogens with zero attached hydrogens (tertiary/aromatic N) is 2. The summed E-state index contributed by atoms with van der Waals surface area (Å²) in [5, 5.41) is 0. The molecule has 3 rings (SSSR count). The third-order valence-corrected chi connectivity index (χ3v) is 7.61. The number of ether oxygens (including phenoxy) is 2. The summed E-state index contributed by atoms with van der Waals surface area (Å²) in [7, 11) is 0.746.